The van der Waals surface area contributed by atoms with Crippen molar-refractivity contribution in [3.63, 3.8) is 0 Å². The van der Waals surface area contributed by atoms with E-state index in [1.54, 1.807) is 40.6 Å². The molecule has 0 radical (unpaired) electrons. The number of fused-ring (bicyclic) bond motifs is 1. The molecule has 0 bridgehead atoms. The highest BCUT2D eigenvalue weighted by Crippen LogP contribution is 2.27. The Labute approximate surface area is 182 Å². The van der Waals surface area contributed by atoms with Crippen LogP contribution in [0.2, 0.25) is 10.0 Å². The van der Waals surface area contributed by atoms with Crippen LogP contribution >= 0.6 is 34.5 Å². The molecule has 0 saturated carbocycles. The van der Waals surface area contributed by atoms with Gasteiger partial charge >= 0.3 is 0 Å². The van der Waals surface area contributed by atoms with E-state index in [9.17, 15) is 13.2 Å². The number of sulfonamides is 1. The number of nitrogens with one attached hydrogen (secondary N) is 1. The molecule has 1 aromatic heterocycles. The minimum Gasteiger partial charge on any atom is -0.334 e. The van der Waals surface area contributed by atoms with Crippen LogP contribution in [-0.2, 0) is 23.0 Å². The Kier molecular flexibility index (Phi) is 5.52. The fourth-order valence-electron chi connectivity index (χ4n) is 3.15. The summed E-state index contributed by atoms with van der Waals surface area (Å²) < 4.78 is 27.8. The maximum atomic E-state index is 12.9. The van der Waals surface area contributed by atoms with Gasteiger partial charge in [-0.05, 0) is 47.9 Å². The van der Waals surface area contributed by atoms with E-state index in [0.717, 1.165) is 11.1 Å². The topological polar surface area (TPSA) is 79.4 Å². The first-order valence-electron chi connectivity index (χ1n) is 8.62. The van der Waals surface area contributed by atoms with Crippen LogP contribution in [0.3, 0.4) is 0 Å². The number of hydrogen-bond acceptors (Lipinski definition) is 5. The molecule has 10 heteroatoms. The number of amides is 1. The van der Waals surface area contributed by atoms with E-state index < -0.39 is 10.0 Å². The summed E-state index contributed by atoms with van der Waals surface area (Å²) in [5, 5.41) is 2.74. The van der Waals surface area contributed by atoms with E-state index in [2.05, 4.69) is 9.71 Å². The van der Waals surface area contributed by atoms with Crippen molar-refractivity contribution in [2.75, 3.05) is 11.3 Å². The molecule has 0 saturated heterocycles. The Morgan fingerprint density at radius 3 is 2.69 bits per heavy atom. The number of anilines is 1. The fraction of sp³-hybridized carbons (Fsp3) is 0.158. The van der Waals surface area contributed by atoms with Crippen molar-refractivity contribution in [1.29, 1.82) is 0 Å². The molecule has 2 aromatic carbocycles. The van der Waals surface area contributed by atoms with Gasteiger partial charge in [0, 0.05) is 29.7 Å². The van der Waals surface area contributed by atoms with Crippen LogP contribution in [0.1, 0.15) is 21.5 Å². The molecular weight excluding hydrogens is 453 g/mol. The Morgan fingerprint density at radius 1 is 1.14 bits per heavy atom. The molecule has 1 N–H and O–H groups in total. The molecular formula is C19H15Cl2N3O3S2. The predicted octanol–water partition coefficient (Wildman–Crippen LogP) is 4.45. The molecule has 2 heterocycles. The fourth-order valence-corrected chi connectivity index (χ4v) is 5.48. The smallest absolute Gasteiger partial charge is 0.263 e. The summed E-state index contributed by atoms with van der Waals surface area (Å²) in [6.45, 7) is 0.821. The molecule has 1 amide bonds. The summed E-state index contributed by atoms with van der Waals surface area (Å²) in [4.78, 5) is 18.6. The molecule has 1 aliphatic rings. The number of hydrogen-bond donors (Lipinski definition) is 1. The molecule has 0 fully saturated rings. The minimum absolute atomic E-state index is 0.130. The number of halogens is 2. The van der Waals surface area contributed by atoms with Gasteiger partial charge in [0.05, 0.1) is 15.5 Å². The average molecular weight is 468 g/mol. The van der Waals surface area contributed by atoms with Crippen LogP contribution in [0, 0.1) is 0 Å². The lowest BCUT2D eigenvalue weighted by molar-refractivity contribution is 0.0735. The number of carbonyl (C=O) groups excluding carboxylic acids is 1. The Bertz CT molecular complexity index is 1180. The molecule has 150 valence electrons. The third-order valence-corrected chi connectivity index (χ3v) is 7.31. The first-order valence-corrected chi connectivity index (χ1v) is 11.7. The van der Waals surface area contributed by atoms with Crippen LogP contribution in [-0.4, -0.2) is 30.8 Å². The van der Waals surface area contributed by atoms with Gasteiger partial charge in [-0.15, -0.1) is 11.3 Å². The van der Waals surface area contributed by atoms with E-state index in [1.165, 1.54) is 23.6 Å². The van der Waals surface area contributed by atoms with Crippen molar-refractivity contribution in [2.24, 2.45) is 0 Å². The van der Waals surface area contributed by atoms with Crippen molar-refractivity contribution in [3.8, 4) is 0 Å². The average Bonchev–Trinajstić information content (AvgIpc) is 3.19. The maximum absolute atomic E-state index is 12.9. The Morgan fingerprint density at radius 2 is 1.97 bits per heavy atom. The summed E-state index contributed by atoms with van der Waals surface area (Å²) in [6, 6.07) is 9.72. The lowest BCUT2D eigenvalue weighted by Gasteiger charge is -2.29. The highest BCUT2D eigenvalue weighted by atomic mass is 35.5. The number of carbonyl (C=O) groups is 1. The zero-order valence-corrected chi connectivity index (χ0v) is 18.1. The summed E-state index contributed by atoms with van der Waals surface area (Å²) in [6.07, 6.45) is 2.16. The lowest BCUT2D eigenvalue weighted by atomic mass is 9.99. The van der Waals surface area contributed by atoms with Gasteiger partial charge in [-0.25, -0.2) is 13.4 Å². The van der Waals surface area contributed by atoms with E-state index in [0.29, 0.717) is 35.2 Å². The lowest BCUT2D eigenvalue weighted by Crippen LogP contribution is -2.36. The second-order valence-corrected chi connectivity index (χ2v) is 9.89. The number of thiazole rings is 1. The number of rotatable bonds is 4. The van der Waals surface area contributed by atoms with Crippen LogP contribution in [0.4, 0.5) is 5.13 Å². The van der Waals surface area contributed by atoms with E-state index >= 15 is 0 Å². The van der Waals surface area contributed by atoms with Crippen LogP contribution in [0.5, 0.6) is 0 Å². The summed E-state index contributed by atoms with van der Waals surface area (Å²) in [7, 11) is -3.76. The molecule has 29 heavy (non-hydrogen) atoms. The Balaban J connectivity index is 1.59. The van der Waals surface area contributed by atoms with Gasteiger partial charge in [-0.2, -0.15) is 0 Å². The molecule has 6 nitrogen and oxygen atoms in total. The minimum atomic E-state index is -3.76. The normalized spacial score (nSPS) is 13.8. The van der Waals surface area contributed by atoms with Crippen LogP contribution in [0.15, 0.2) is 52.9 Å². The molecule has 4 rings (SSSR count). The highest BCUT2D eigenvalue weighted by Gasteiger charge is 2.25. The first-order chi connectivity index (χ1) is 13.8. The molecule has 0 spiro atoms. The van der Waals surface area contributed by atoms with Gasteiger partial charge in [0.15, 0.2) is 5.13 Å². The molecule has 3 aromatic rings. The molecule has 1 aliphatic heterocycles. The van der Waals surface area contributed by atoms with E-state index in [4.69, 9.17) is 23.2 Å². The predicted molar refractivity (Wildman–Crippen MR) is 114 cm³/mol. The molecule has 0 unspecified atom stereocenters. The quantitative estimate of drug-likeness (QED) is 0.614. The van der Waals surface area contributed by atoms with Crippen LogP contribution < -0.4 is 4.72 Å². The third kappa shape index (κ3) is 4.25. The maximum Gasteiger partial charge on any atom is 0.263 e. The standard InChI is InChI=1S/C19H15Cl2N3O3S2/c20-14-2-4-16(17(21)10-14)18(25)24-7-5-12-1-3-15(9-13(12)11-24)29(26,27)23-19-22-6-8-28-19/h1-4,6,8-10H,5,7,11H2,(H,22,23). The number of benzene rings is 2. The second kappa shape index (κ2) is 7.95. The first kappa shape index (κ1) is 20.2. The summed E-state index contributed by atoms with van der Waals surface area (Å²) >= 11 is 13.3. The van der Waals surface area contributed by atoms with Crippen molar-refractivity contribution in [1.82, 2.24) is 9.88 Å². The molecule has 0 atom stereocenters. The van der Waals surface area contributed by atoms with Crippen molar-refractivity contribution in [3.05, 3.63) is 74.7 Å². The highest BCUT2D eigenvalue weighted by molar-refractivity contribution is 7.93. The molecule has 0 aliphatic carbocycles. The van der Waals surface area contributed by atoms with Crippen molar-refractivity contribution < 1.29 is 13.2 Å². The van der Waals surface area contributed by atoms with Gasteiger partial charge in [0.1, 0.15) is 0 Å². The number of nitrogens with zero attached hydrogens (tertiary/aromatic N) is 2. The third-order valence-electron chi connectivity index (χ3n) is 4.60. The second-order valence-electron chi connectivity index (χ2n) is 6.47. The van der Waals surface area contributed by atoms with Gasteiger partial charge < -0.3 is 4.90 Å². The SMILES string of the molecule is O=C(c1ccc(Cl)cc1Cl)N1CCc2ccc(S(=O)(=O)Nc3nccs3)cc2C1. The Hall–Kier alpha value is -2.13. The van der Waals surface area contributed by atoms with Gasteiger partial charge in [0.2, 0.25) is 0 Å². The largest absolute Gasteiger partial charge is 0.334 e. The van der Waals surface area contributed by atoms with Gasteiger partial charge in [-0.3, -0.25) is 9.52 Å². The van der Waals surface area contributed by atoms with Gasteiger partial charge in [-0.1, -0.05) is 29.3 Å². The number of aromatic nitrogens is 1. The monoisotopic (exact) mass is 467 g/mol. The van der Waals surface area contributed by atoms with E-state index in [-0.39, 0.29) is 15.8 Å². The van der Waals surface area contributed by atoms with E-state index in [1.807, 2.05) is 0 Å². The van der Waals surface area contributed by atoms with Crippen molar-refractivity contribution in [2.45, 2.75) is 17.9 Å². The van der Waals surface area contributed by atoms with Crippen molar-refractivity contribution >= 4 is 55.6 Å². The summed E-state index contributed by atoms with van der Waals surface area (Å²) in [5.41, 5.74) is 2.18. The zero-order valence-electron chi connectivity index (χ0n) is 14.9. The van der Waals surface area contributed by atoms with Crippen LogP contribution in [0.25, 0.3) is 0 Å². The summed E-state index contributed by atoms with van der Waals surface area (Å²) in [5.74, 6) is -0.216. The zero-order chi connectivity index (χ0) is 20.6. The van der Waals surface area contributed by atoms with Gasteiger partial charge in [0.25, 0.3) is 15.9 Å².